The van der Waals surface area contributed by atoms with Gasteiger partial charge < -0.3 is 25.3 Å². The predicted octanol–water partition coefficient (Wildman–Crippen LogP) is 5.42. The van der Waals surface area contributed by atoms with Crippen molar-refractivity contribution >= 4 is 18.0 Å². The Morgan fingerprint density at radius 3 is 2.38 bits per heavy atom. The summed E-state index contributed by atoms with van der Waals surface area (Å²) in [5.41, 5.74) is 7.50. The fourth-order valence-corrected chi connectivity index (χ4v) is 3.90. The van der Waals surface area contributed by atoms with Crippen molar-refractivity contribution in [3.63, 3.8) is 0 Å². The zero-order valence-corrected chi connectivity index (χ0v) is 21.3. The number of ether oxygens (including phenoxy) is 3. The number of rotatable bonds is 17. The van der Waals surface area contributed by atoms with E-state index in [2.05, 4.69) is 17.0 Å². The molecule has 0 saturated heterocycles. The molecule has 0 bridgehead atoms. The van der Waals surface area contributed by atoms with Gasteiger partial charge in [0.05, 0.1) is 13.7 Å². The second-order valence-corrected chi connectivity index (χ2v) is 8.74. The van der Waals surface area contributed by atoms with E-state index in [4.69, 9.17) is 19.9 Å². The minimum atomic E-state index is -0.244. The lowest BCUT2D eigenvalue weighted by molar-refractivity contribution is 0.246. The third-order valence-electron chi connectivity index (χ3n) is 5.15. The van der Waals surface area contributed by atoms with Gasteiger partial charge in [0.1, 0.15) is 12.4 Å². The molecule has 0 aliphatic carbocycles. The molecular weight excluding hydrogens is 450 g/mol. The van der Waals surface area contributed by atoms with Crippen molar-refractivity contribution in [1.29, 1.82) is 0 Å². The number of nitrogens with two attached hydrogens (primary N) is 1. The number of unbranched alkanes of at least 4 members (excludes halogenated alkanes) is 5. The van der Waals surface area contributed by atoms with Gasteiger partial charge in [0.25, 0.3) is 0 Å². The maximum atomic E-state index is 12.1. The van der Waals surface area contributed by atoms with Crippen molar-refractivity contribution in [1.82, 2.24) is 10.0 Å². The first kappa shape index (κ1) is 27.7. The number of carbonyl (C=O) groups is 1. The van der Waals surface area contributed by atoms with Gasteiger partial charge in [0.15, 0.2) is 11.5 Å². The second kappa shape index (κ2) is 16.9. The lowest BCUT2D eigenvalue weighted by Gasteiger charge is -2.12. The highest BCUT2D eigenvalue weighted by Gasteiger charge is 2.07. The maximum absolute atomic E-state index is 12.1. The first-order chi connectivity index (χ1) is 16.7. The standard InChI is InChI=1S/C26H39N3O4S/c1-3-4-5-6-7-8-16-32-23-12-9-21(10-13-23)20-34-29-26(30)28-19-22-11-14-24(33-17-15-27)25(18-22)31-2/h9-14,18H,3-8,15-17,19-20,27H2,1-2H3,(H2,28,29,30). The number of methoxy groups -OCH3 is 1. The Balaban J connectivity index is 1.62. The fourth-order valence-electron chi connectivity index (χ4n) is 3.27. The Bertz CT molecular complexity index is 833. The molecule has 0 aromatic heterocycles. The molecule has 34 heavy (non-hydrogen) atoms. The topological polar surface area (TPSA) is 94.8 Å². The summed E-state index contributed by atoms with van der Waals surface area (Å²) >= 11 is 1.35. The lowest BCUT2D eigenvalue weighted by Crippen LogP contribution is -2.30. The summed E-state index contributed by atoms with van der Waals surface area (Å²) in [5.74, 6) is 2.81. The molecule has 0 radical (unpaired) electrons. The smallest absolute Gasteiger partial charge is 0.325 e. The summed E-state index contributed by atoms with van der Waals surface area (Å²) in [7, 11) is 1.58. The number of benzene rings is 2. The summed E-state index contributed by atoms with van der Waals surface area (Å²) in [6.07, 6.45) is 7.54. The van der Waals surface area contributed by atoms with Gasteiger partial charge in [-0.05, 0) is 53.8 Å². The van der Waals surface area contributed by atoms with Crippen LogP contribution in [0.3, 0.4) is 0 Å². The summed E-state index contributed by atoms with van der Waals surface area (Å²) in [5, 5.41) is 2.85. The summed E-state index contributed by atoms with van der Waals surface area (Å²) in [6.45, 7) is 4.22. The number of hydrogen-bond acceptors (Lipinski definition) is 6. The largest absolute Gasteiger partial charge is 0.494 e. The van der Waals surface area contributed by atoms with Crippen LogP contribution in [0.2, 0.25) is 0 Å². The van der Waals surface area contributed by atoms with Crippen LogP contribution in [-0.4, -0.2) is 32.9 Å². The van der Waals surface area contributed by atoms with Gasteiger partial charge in [0, 0.05) is 18.8 Å². The van der Waals surface area contributed by atoms with Gasteiger partial charge in [-0.15, -0.1) is 0 Å². The molecule has 2 amide bonds. The van der Waals surface area contributed by atoms with Crippen molar-refractivity contribution < 1.29 is 19.0 Å². The normalized spacial score (nSPS) is 10.6. The average molecular weight is 490 g/mol. The van der Waals surface area contributed by atoms with Crippen LogP contribution < -0.4 is 30.0 Å². The zero-order chi connectivity index (χ0) is 24.4. The molecule has 2 rings (SSSR count). The van der Waals surface area contributed by atoms with Crippen molar-refractivity contribution in [2.45, 2.75) is 57.7 Å². The third kappa shape index (κ3) is 11.0. The fraction of sp³-hybridized carbons (Fsp3) is 0.500. The van der Waals surface area contributed by atoms with Crippen molar-refractivity contribution in [2.24, 2.45) is 5.73 Å². The van der Waals surface area contributed by atoms with E-state index in [0.717, 1.165) is 29.9 Å². The highest BCUT2D eigenvalue weighted by atomic mass is 32.2. The Labute approximate surface area is 208 Å². The first-order valence-electron chi connectivity index (χ1n) is 12.0. The summed E-state index contributed by atoms with van der Waals surface area (Å²) in [6, 6.07) is 13.3. The van der Waals surface area contributed by atoms with Crippen LogP contribution >= 0.6 is 11.9 Å². The van der Waals surface area contributed by atoms with Crippen molar-refractivity contribution in [2.75, 3.05) is 26.9 Å². The monoisotopic (exact) mass is 489 g/mol. The molecule has 188 valence electrons. The molecule has 7 nitrogen and oxygen atoms in total. The van der Waals surface area contributed by atoms with Gasteiger partial charge in [-0.25, -0.2) is 4.79 Å². The number of hydrogen-bond donors (Lipinski definition) is 3. The van der Waals surface area contributed by atoms with Gasteiger partial charge in [0.2, 0.25) is 0 Å². The molecule has 0 aliphatic rings. The summed E-state index contributed by atoms with van der Waals surface area (Å²) < 4.78 is 19.5. The molecule has 0 atom stereocenters. The first-order valence-corrected chi connectivity index (χ1v) is 13.0. The zero-order valence-electron chi connectivity index (χ0n) is 20.4. The molecule has 0 aliphatic heterocycles. The van der Waals surface area contributed by atoms with Gasteiger partial charge in [-0.2, -0.15) is 0 Å². The molecule has 0 fully saturated rings. The number of urea groups is 1. The highest BCUT2D eigenvalue weighted by molar-refractivity contribution is 7.97. The number of amides is 2. The minimum Gasteiger partial charge on any atom is -0.494 e. The lowest BCUT2D eigenvalue weighted by atomic mass is 10.1. The van der Waals surface area contributed by atoms with E-state index in [9.17, 15) is 4.79 Å². The molecule has 8 heteroatoms. The molecule has 0 unspecified atom stereocenters. The van der Waals surface area contributed by atoms with Crippen molar-refractivity contribution in [3.05, 3.63) is 53.6 Å². The molecule has 0 heterocycles. The maximum Gasteiger partial charge on any atom is 0.325 e. The van der Waals surface area contributed by atoms with Crippen molar-refractivity contribution in [3.8, 4) is 17.2 Å². The molecular formula is C26H39N3O4S. The van der Waals surface area contributed by atoms with Crippen LogP contribution in [-0.2, 0) is 12.3 Å². The van der Waals surface area contributed by atoms with E-state index in [1.54, 1.807) is 7.11 Å². The van der Waals surface area contributed by atoms with Crippen LogP contribution in [0, 0.1) is 0 Å². The second-order valence-electron chi connectivity index (χ2n) is 7.96. The Hall–Kier alpha value is -2.58. The van der Waals surface area contributed by atoms with Gasteiger partial charge in [-0.1, -0.05) is 57.2 Å². The highest BCUT2D eigenvalue weighted by Crippen LogP contribution is 2.28. The van der Waals surface area contributed by atoms with Crippen LogP contribution in [0.4, 0.5) is 4.79 Å². The van der Waals surface area contributed by atoms with Crippen LogP contribution in [0.15, 0.2) is 42.5 Å². The minimum absolute atomic E-state index is 0.244. The Morgan fingerprint density at radius 1 is 0.912 bits per heavy atom. The molecule has 2 aromatic rings. The van der Waals surface area contributed by atoms with E-state index in [-0.39, 0.29) is 6.03 Å². The van der Waals surface area contributed by atoms with Crippen LogP contribution in [0.1, 0.15) is 56.6 Å². The van der Waals surface area contributed by atoms with E-state index >= 15 is 0 Å². The SMILES string of the molecule is CCCCCCCCOc1ccc(CSNC(=O)NCc2ccc(OCCN)c(OC)c2)cc1. The third-order valence-corrected chi connectivity index (χ3v) is 5.96. The molecule has 2 aromatic carbocycles. The Kier molecular flexibility index (Phi) is 13.8. The summed E-state index contributed by atoms with van der Waals surface area (Å²) in [4.78, 5) is 12.1. The number of carbonyl (C=O) groups excluding carboxylic acids is 1. The van der Waals surface area contributed by atoms with E-state index in [0.29, 0.717) is 36.9 Å². The Morgan fingerprint density at radius 2 is 1.65 bits per heavy atom. The van der Waals surface area contributed by atoms with E-state index in [1.807, 2.05) is 42.5 Å². The molecule has 0 spiro atoms. The van der Waals surface area contributed by atoms with Gasteiger partial charge in [-0.3, -0.25) is 4.72 Å². The quantitative estimate of drug-likeness (QED) is 0.203. The predicted molar refractivity (Wildman–Crippen MR) is 140 cm³/mol. The molecule has 4 N–H and O–H groups in total. The van der Waals surface area contributed by atoms with E-state index in [1.165, 1.54) is 44.1 Å². The number of nitrogens with one attached hydrogen (secondary N) is 2. The van der Waals surface area contributed by atoms with Crippen LogP contribution in [0.25, 0.3) is 0 Å². The molecule has 0 saturated carbocycles. The van der Waals surface area contributed by atoms with E-state index < -0.39 is 0 Å². The average Bonchev–Trinajstić information content (AvgIpc) is 2.86. The van der Waals surface area contributed by atoms with Crippen LogP contribution in [0.5, 0.6) is 17.2 Å². The van der Waals surface area contributed by atoms with Gasteiger partial charge >= 0.3 is 6.03 Å².